The molecule has 5 heteroatoms. The van der Waals surface area contributed by atoms with E-state index in [9.17, 15) is 4.79 Å². The number of carbonyl (C=O) groups excluding carboxylic acids is 1. The highest BCUT2D eigenvalue weighted by Gasteiger charge is 2.30. The molecule has 0 aliphatic carbocycles. The Hall–Kier alpha value is -2.04. The average molecular weight is 316 g/mol. The fourth-order valence-corrected chi connectivity index (χ4v) is 2.89. The number of likely N-dealkylation sites (tertiary alicyclic amines) is 1. The Morgan fingerprint density at radius 1 is 1.35 bits per heavy atom. The molecular formula is C18H28N4O. The number of hydrogen-bond donors (Lipinski definition) is 2. The molecule has 2 N–H and O–H groups in total. The smallest absolute Gasteiger partial charge is 0.251 e. The van der Waals surface area contributed by atoms with Gasteiger partial charge in [-0.25, -0.2) is 0 Å². The van der Waals surface area contributed by atoms with E-state index in [2.05, 4.69) is 34.4 Å². The average Bonchev–Trinajstić information content (AvgIpc) is 2.88. The third kappa shape index (κ3) is 4.71. The van der Waals surface area contributed by atoms with E-state index >= 15 is 0 Å². The van der Waals surface area contributed by atoms with E-state index in [0.29, 0.717) is 24.1 Å². The number of guanidine groups is 1. The molecule has 1 amide bonds. The van der Waals surface area contributed by atoms with Gasteiger partial charge in [-0.3, -0.25) is 9.79 Å². The van der Waals surface area contributed by atoms with Gasteiger partial charge in [0, 0.05) is 38.8 Å². The summed E-state index contributed by atoms with van der Waals surface area (Å²) in [5, 5.41) is 6.24. The lowest BCUT2D eigenvalue weighted by Crippen LogP contribution is -2.40. The quantitative estimate of drug-likeness (QED) is 0.662. The highest BCUT2D eigenvalue weighted by molar-refractivity contribution is 5.94. The molecule has 0 saturated carbocycles. The summed E-state index contributed by atoms with van der Waals surface area (Å²) in [5.74, 6) is 0.902. The Bertz CT molecular complexity index is 580. The maximum atomic E-state index is 11.9. The largest absolute Gasteiger partial charge is 0.352 e. The summed E-state index contributed by atoms with van der Waals surface area (Å²) in [4.78, 5) is 18.6. The lowest BCUT2D eigenvalue weighted by molar-refractivity contribution is 0.0955. The lowest BCUT2D eigenvalue weighted by Gasteiger charge is -2.23. The van der Waals surface area contributed by atoms with Gasteiger partial charge in [0.05, 0.1) is 0 Å². The summed E-state index contributed by atoms with van der Waals surface area (Å²) >= 11 is 0. The minimum Gasteiger partial charge on any atom is -0.352 e. The summed E-state index contributed by atoms with van der Waals surface area (Å²) in [6.45, 7) is 9.85. The van der Waals surface area contributed by atoms with Crippen molar-refractivity contribution >= 4 is 11.9 Å². The van der Waals surface area contributed by atoms with Crippen LogP contribution in [-0.2, 0) is 6.54 Å². The topological polar surface area (TPSA) is 56.7 Å². The van der Waals surface area contributed by atoms with Crippen LogP contribution in [-0.4, -0.2) is 43.4 Å². The minimum atomic E-state index is -0.0278. The highest BCUT2D eigenvalue weighted by atomic mass is 16.1. The molecule has 1 heterocycles. The number of nitrogens with zero attached hydrogens (tertiary/aromatic N) is 2. The van der Waals surface area contributed by atoms with Crippen LogP contribution in [0.1, 0.15) is 43.1 Å². The molecule has 1 fully saturated rings. The second-order valence-electron chi connectivity index (χ2n) is 6.80. The van der Waals surface area contributed by atoms with E-state index in [-0.39, 0.29) is 5.91 Å². The van der Waals surface area contributed by atoms with Crippen molar-refractivity contribution in [3.63, 3.8) is 0 Å². The molecule has 0 spiro atoms. The first kappa shape index (κ1) is 17.3. The molecule has 0 bridgehead atoms. The van der Waals surface area contributed by atoms with E-state index in [1.807, 2.05) is 38.2 Å². The minimum absolute atomic E-state index is 0.0278. The fourth-order valence-electron chi connectivity index (χ4n) is 2.89. The molecule has 0 unspecified atom stereocenters. The predicted molar refractivity (Wildman–Crippen MR) is 94.6 cm³/mol. The zero-order valence-corrected chi connectivity index (χ0v) is 14.6. The van der Waals surface area contributed by atoms with Crippen LogP contribution in [0.4, 0.5) is 0 Å². The Kier molecular flexibility index (Phi) is 5.64. The molecule has 2 rings (SSSR count). The van der Waals surface area contributed by atoms with Gasteiger partial charge in [-0.2, -0.15) is 0 Å². The first-order valence-corrected chi connectivity index (χ1v) is 8.28. The predicted octanol–water partition coefficient (Wildman–Crippen LogP) is 2.24. The van der Waals surface area contributed by atoms with Crippen molar-refractivity contribution in [1.29, 1.82) is 0 Å². The molecule has 0 atom stereocenters. The van der Waals surface area contributed by atoms with E-state index in [1.54, 1.807) is 0 Å². The summed E-state index contributed by atoms with van der Waals surface area (Å²) < 4.78 is 0. The van der Waals surface area contributed by atoms with Crippen molar-refractivity contribution in [2.45, 2.75) is 33.7 Å². The number of aliphatic imine (C=N–C) groups is 1. The van der Waals surface area contributed by atoms with Gasteiger partial charge < -0.3 is 15.5 Å². The summed E-state index contributed by atoms with van der Waals surface area (Å²) in [6, 6.07) is 7.71. The second-order valence-corrected chi connectivity index (χ2v) is 6.80. The molecule has 126 valence electrons. The van der Waals surface area contributed by atoms with Crippen LogP contribution >= 0.6 is 0 Å². The Balaban J connectivity index is 1.97. The fraction of sp³-hybridized carbons (Fsp3) is 0.556. The van der Waals surface area contributed by atoms with Gasteiger partial charge in [0.1, 0.15) is 0 Å². The van der Waals surface area contributed by atoms with E-state index in [0.717, 1.165) is 24.6 Å². The third-order valence-corrected chi connectivity index (χ3v) is 4.17. The van der Waals surface area contributed by atoms with Crippen molar-refractivity contribution in [2.24, 2.45) is 10.4 Å². The van der Waals surface area contributed by atoms with Gasteiger partial charge in [0.15, 0.2) is 5.96 Å². The molecule has 1 aliphatic rings. The maximum Gasteiger partial charge on any atom is 0.251 e. The van der Waals surface area contributed by atoms with Crippen molar-refractivity contribution in [2.75, 3.05) is 26.7 Å². The molecule has 0 aromatic heterocycles. The first-order valence-electron chi connectivity index (χ1n) is 8.28. The number of amides is 1. The van der Waals surface area contributed by atoms with Gasteiger partial charge >= 0.3 is 0 Å². The third-order valence-electron chi connectivity index (χ3n) is 4.17. The SMILES string of the molecule is CCNC(=O)c1cccc(CNC(=NC)N2CCC(C)(C)C2)c1. The van der Waals surface area contributed by atoms with Gasteiger partial charge in [-0.05, 0) is 36.5 Å². The molecule has 23 heavy (non-hydrogen) atoms. The number of rotatable bonds is 4. The van der Waals surface area contributed by atoms with Crippen molar-refractivity contribution in [3.8, 4) is 0 Å². The molecule has 1 saturated heterocycles. The molecule has 1 aliphatic heterocycles. The van der Waals surface area contributed by atoms with E-state index < -0.39 is 0 Å². The van der Waals surface area contributed by atoms with Gasteiger partial charge in [0.25, 0.3) is 5.91 Å². The Morgan fingerprint density at radius 3 is 2.74 bits per heavy atom. The molecular weight excluding hydrogens is 288 g/mol. The van der Waals surface area contributed by atoms with E-state index in [4.69, 9.17) is 0 Å². The van der Waals surface area contributed by atoms with Crippen LogP contribution < -0.4 is 10.6 Å². The molecule has 1 aromatic rings. The number of nitrogens with one attached hydrogen (secondary N) is 2. The standard InChI is InChI=1S/C18H28N4O/c1-5-20-16(23)15-8-6-7-14(11-15)12-21-17(19-4)22-10-9-18(2,3)13-22/h6-8,11H,5,9-10,12-13H2,1-4H3,(H,19,21)(H,20,23). The van der Waals surface area contributed by atoms with Gasteiger partial charge in [-0.15, -0.1) is 0 Å². The van der Waals surface area contributed by atoms with Crippen LogP contribution in [0.15, 0.2) is 29.3 Å². The van der Waals surface area contributed by atoms with Crippen LogP contribution in [0, 0.1) is 5.41 Å². The number of carbonyl (C=O) groups is 1. The summed E-state index contributed by atoms with van der Waals surface area (Å²) in [6.07, 6.45) is 1.18. The Morgan fingerprint density at radius 2 is 2.13 bits per heavy atom. The second kappa shape index (κ2) is 7.49. The number of benzene rings is 1. The lowest BCUT2D eigenvalue weighted by atomic mass is 9.93. The van der Waals surface area contributed by atoms with Crippen molar-refractivity contribution in [1.82, 2.24) is 15.5 Å². The van der Waals surface area contributed by atoms with E-state index in [1.165, 1.54) is 6.42 Å². The zero-order chi connectivity index (χ0) is 16.9. The maximum absolute atomic E-state index is 11.9. The summed E-state index contributed by atoms with van der Waals surface area (Å²) in [7, 11) is 1.82. The van der Waals surface area contributed by atoms with Crippen molar-refractivity contribution < 1.29 is 4.79 Å². The van der Waals surface area contributed by atoms with Gasteiger partial charge in [0.2, 0.25) is 0 Å². The normalized spacial score (nSPS) is 17.2. The first-order chi connectivity index (χ1) is 10.9. The zero-order valence-electron chi connectivity index (χ0n) is 14.6. The highest BCUT2D eigenvalue weighted by Crippen LogP contribution is 2.28. The number of hydrogen-bond acceptors (Lipinski definition) is 2. The van der Waals surface area contributed by atoms with Gasteiger partial charge in [-0.1, -0.05) is 26.0 Å². The molecule has 1 aromatic carbocycles. The molecule has 0 radical (unpaired) electrons. The Labute approximate surface area is 139 Å². The van der Waals surface area contributed by atoms with Crippen LogP contribution in [0.3, 0.4) is 0 Å². The van der Waals surface area contributed by atoms with Crippen LogP contribution in [0.25, 0.3) is 0 Å². The monoisotopic (exact) mass is 316 g/mol. The van der Waals surface area contributed by atoms with Crippen LogP contribution in [0.2, 0.25) is 0 Å². The summed E-state index contributed by atoms with van der Waals surface area (Å²) in [5.41, 5.74) is 2.12. The molecule has 5 nitrogen and oxygen atoms in total. The van der Waals surface area contributed by atoms with Crippen molar-refractivity contribution in [3.05, 3.63) is 35.4 Å². The van der Waals surface area contributed by atoms with Crippen LogP contribution in [0.5, 0.6) is 0 Å².